The summed E-state index contributed by atoms with van der Waals surface area (Å²) >= 11 is 7.11. The number of benzene rings is 1. The summed E-state index contributed by atoms with van der Waals surface area (Å²) in [5.41, 5.74) is 4.26. The van der Waals surface area contributed by atoms with Crippen LogP contribution >= 0.6 is 22.9 Å². The van der Waals surface area contributed by atoms with Gasteiger partial charge in [0.15, 0.2) is 5.82 Å². The standard InChI is InChI=1S/C17H8ClF2N3S/c18-14-11(19)4-3-10(15(14)20)16-9(2-1-7-21-16)12-5-6-13-17(23-12)24-8-22-13/h1-8H. The van der Waals surface area contributed by atoms with Crippen LogP contribution in [-0.2, 0) is 0 Å². The third-order valence-corrected chi connectivity index (χ3v) is 4.65. The highest BCUT2D eigenvalue weighted by Gasteiger charge is 2.18. The number of rotatable bonds is 2. The van der Waals surface area contributed by atoms with Crippen LogP contribution in [0.3, 0.4) is 0 Å². The van der Waals surface area contributed by atoms with Crippen molar-refractivity contribution < 1.29 is 8.78 Å². The number of hydrogen-bond acceptors (Lipinski definition) is 4. The number of fused-ring (bicyclic) bond motifs is 1. The lowest BCUT2D eigenvalue weighted by molar-refractivity contribution is 0.586. The van der Waals surface area contributed by atoms with Crippen molar-refractivity contribution in [3.63, 3.8) is 0 Å². The molecule has 0 unspecified atom stereocenters. The van der Waals surface area contributed by atoms with Crippen LogP contribution in [0.4, 0.5) is 8.78 Å². The summed E-state index contributed by atoms with van der Waals surface area (Å²) in [6.45, 7) is 0. The van der Waals surface area contributed by atoms with Crippen molar-refractivity contribution in [3.05, 3.63) is 64.8 Å². The highest BCUT2D eigenvalue weighted by Crippen LogP contribution is 2.34. The van der Waals surface area contributed by atoms with E-state index in [1.165, 1.54) is 17.4 Å². The van der Waals surface area contributed by atoms with E-state index in [1.807, 2.05) is 6.07 Å². The van der Waals surface area contributed by atoms with Crippen LogP contribution in [0, 0.1) is 11.6 Å². The van der Waals surface area contributed by atoms with E-state index in [9.17, 15) is 8.78 Å². The van der Waals surface area contributed by atoms with Crippen molar-refractivity contribution in [2.24, 2.45) is 0 Å². The Morgan fingerprint density at radius 2 is 1.83 bits per heavy atom. The average molecular weight is 360 g/mol. The Balaban J connectivity index is 1.94. The van der Waals surface area contributed by atoms with Gasteiger partial charge in [0.2, 0.25) is 0 Å². The number of thiazole rings is 1. The van der Waals surface area contributed by atoms with E-state index in [0.717, 1.165) is 16.4 Å². The number of hydrogen-bond donors (Lipinski definition) is 0. The Hall–Kier alpha value is -2.44. The lowest BCUT2D eigenvalue weighted by atomic mass is 10.0. The van der Waals surface area contributed by atoms with Crippen molar-refractivity contribution in [2.75, 3.05) is 0 Å². The minimum absolute atomic E-state index is 0.128. The predicted octanol–water partition coefficient (Wildman–Crippen LogP) is 5.35. The van der Waals surface area contributed by atoms with E-state index >= 15 is 0 Å². The van der Waals surface area contributed by atoms with Crippen molar-refractivity contribution in [1.82, 2.24) is 15.0 Å². The highest BCUT2D eigenvalue weighted by atomic mass is 35.5. The van der Waals surface area contributed by atoms with Crippen LogP contribution in [0.2, 0.25) is 5.02 Å². The largest absolute Gasteiger partial charge is 0.255 e. The molecular formula is C17H8ClF2N3S. The average Bonchev–Trinajstić information content (AvgIpc) is 3.08. The molecule has 4 aromatic rings. The molecule has 0 aliphatic rings. The molecule has 0 amide bonds. The lowest BCUT2D eigenvalue weighted by Crippen LogP contribution is -1.95. The molecule has 118 valence electrons. The second kappa shape index (κ2) is 5.89. The van der Waals surface area contributed by atoms with Gasteiger partial charge < -0.3 is 0 Å². The van der Waals surface area contributed by atoms with Gasteiger partial charge in [0, 0.05) is 17.3 Å². The molecule has 24 heavy (non-hydrogen) atoms. The van der Waals surface area contributed by atoms with Gasteiger partial charge in [-0.2, -0.15) is 0 Å². The first-order chi connectivity index (χ1) is 11.6. The summed E-state index contributed by atoms with van der Waals surface area (Å²) in [5.74, 6) is -1.64. The zero-order chi connectivity index (χ0) is 16.7. The second-order valence-corrected chi connectivity index (χ2v) is 6.21. The Morgan fingerprint density at radius 3 is 2.71 bits per heavy atom. The fourth-order valence-electron chi connectivity index (χ4n) is 2.44. The van der Waals surface area contributed by atoms with E-state index < -0.39 is 16.7 Å². The van der Waals surface area contributed by atoms with Gasteiger partial charge in [-0.05, 0) is 36.4 Å². The Labute approximate surface area is 144 Å². The topological polar surface area (TPSA) is 38.7 Å². The molecular weight excluding hydrogens is 352 g/mol. The first kappa shape index (κ1) is 15.1. The minimum Gasteiger partial charge on any atom is -0.255 e. The summed E-state index contributed by atoms with van der Waals surface area (Å²) in [7, 11) is 0. The molecule has 3 nitrogen and oxygen atoms in total. The van der Waals surface area contributed by atoms with Gasteiger partial charge in [-0.25, -0.2) is 18.7 Å². The molecule has 0 bridgehead atoms. The van der Waals surface area contributed by atoms with Gasteiger partial charge >= 0.3 is 0 Å². The third-order valence-electron chi connectivity index (χ3n) is 3.57. The van der Waals surface area contributed by atoms with Crippen LogP contribution in [0.5, 0.6) is 0 Å². The Morgan fingerprint density at radius 1 is 0.958 bits per heavy atom. The van der Waals surface area contributed by atoms with E-state index in [4.69, 9.17) is 11.6 Å². The van der Waals surface area contributed by atoms with E-state index in [2.05, 4.69) is 15.0 Å². The van der Waals surface area contributed by atoms with Gasteiger partial charge in [0.05, 0.1) is 22.4 Å². The molecule has 0 atom stereocenters. The highest BCUT2D eigenvalue weighted by molar-refractivity contribution is 7.16. The molecule has 3 aromatic heterocycles. The van der Waals surface area contributed by atoms with Gasteiger partial charge in [-0.3, -0.25) is 4.98 Å². The zero-order valence-electron chi connectivity index (χ0n) is 12.0. The smallest absolute Gasteiger partial charge is 0.154 e. The molecule has 1 aromatic carbocycles. The first-order valence-corrected chi connectivity index (χ1v) is 8.20. The molecule has 0 saturated carbocycles. The maximum Gasteiger partial charge on any atom is 0.154 e. The quantitative estimate of drug-likeness (QED) is 0.453. The van der Waals surface area contributed by atoms with Crippen LogP contribution in [0.1, 0.15) is 0 Å². The maximum absolute atomic E-state index is 14.4. The van der Waals surface area contributed by atoms with Crippen molar-refractivity contribution in [1.29, 1.82) is 0 Å². The molecule has 3 heterocycles. The fraction of sp³-hybridized carbons (Fsp3) is 0. The molecule has 4 rings (SSSR count). The number of nitrogens with zero attached hydrogens (tertiary/aromatic N) is 3. The van der Waals surface area contributed by atoms with Crippen molar-refractivity contribution in [3.8, 4) is 22.5 Å². The molecule has 0 saturated heterocycles. The van der Waals surface area contributed by atoms with Gasteiger partial charge in [0.25, 0.3) is 0 Å². The summed E-state index contributed by atoms with van der Waals surface area (Å²) in [6, 6.07) is 9.62. The van der Waals surface area contributed by atoms with Gasteiger partial charge in [-0.1, -0.05) is 11.6 Å². The molecule has 0 N–H and O–H groups in total. The van der Waals surface area contributed by atoms with Crippen molar-refractivity contribution >= 4 is 33.3 Å². The van der Waals surface area contributed by atoms with E-state index in [1.54, 1.807) is 29.9 Å². The Bertz CT molecular complexity index is 1060. The Kier molecular flexibility index (Phi) is 3.70. The predicted molar refractivity (Wildman–Crippen MR) is 91.0 cm³/mol. The SMILES string of the molecule is Fc1ccc(-c2ncccc2-c2ccc3ncsc3n2)c(F)c1Cl. The van der Waals surface area contributed by atoms with Crippen LogP contribution in [-0.4, -0.2) is 15.0 Å². The summed E-state index contributed by atoms with van der Waals surface area (Å²) in [6.07, 6.45) is 1.54. The van der Waals surface area contributed by atoms with E-state index in [0.29, 0.717) is 17.0 Å². The summed E-state index contributed by atoms with van der Waals surface area (Å²) in [4.78, 5) is 13.8. The number of halogens is 3. The lowest BCUT2D eigenvalue weighted by Gasteiger charge is -2.10. The van der Waals surface area contributed by atoms with Gasteiger partial charge in [-0.15, -0.1) is 11.3 Å². The second-order valence-electron chi connectivity index (χ2n) is 5.00. The van der Waals surface area contributed by atoms with Crippen molar-refractivity contribution in [2.45, 2.75) is 0 Å². The van der Waals surface area contributed by atoms with Crippen LogP contribution in [0.25, 0.3) is 32.9 Å². The monoisotopic (exact) mass is 359 g/mol. The summed E-state index contributed by atoms with van der Waals surface area (Å²) < 4.78 is 27.8. The molecule has 0 radical (unpaired) electrons. The molecule has 0 spiro atoms. The fourth-order valence-corrected chi connectivity index (χ4v) is 3.26. The molecule has 0 aliphatic carbocycles. The number of pyridine rings is 2. The maximum atomic E-state index is 14.4. The van der Waals surface area contributed by atoms with Gasteiger partial charge in [0.1, 0.15) is 15.7 Å². The zero-order valence-corrected chi connectivity index (χ0v) is 13.6. The molecule has 7 heteroatoms. The normalized spacial score (nSPS) is 11.1. The van der Waals surface area contributed by atoms with Crippen LogP contribution in [0.15, 0.2) is 48.1 Å². The molecule has 0 fully saturated rings. The van der Waals surface area contributed by atoms with Crippen LogP contribution < -0.4 is 0 Å². The first-order valence-electron chi connectivity index (χ1n) is 6.94. The van der Waals surface area contributed by atoms with E-state index in [-0.39, 0.29) is 5.56 Å². The number of aromatic nitrogens is 3. The summed E-state index contributed by atoms with van der Waals surface area (Å²) in [5, 5.41) is -0.546. The molecule has 0 aliphatic heterocycles. The third kappa shape index (κ3) is 2.44. The minimum atomic E-state index is -0.838.